The summed E-state index contributed by atoms with van der Waals surface area (Å²) >= 11 is 0. The van der Waals surface area contributed by atoms with Gasteiger partial charge in [0.25, 0.3) is 0 Å². The molecule has 0 spiro atoms. The van der Waals surface area contributed by atoms with Crippen LogP contribution in [-0.2, 0) is 14.3 Å². The molecule has 1 heterocycles. The number of hydrogen-bond acceptors (Lipinski definition) is 4. The van der Waals surface area contributed by atoms with Crippen molar-refractivity contribution in [3.63, 3.8) is 0 Å². The Hall–Kier alpha value is -1.14. The molecule has 1 saturated carbocycles. The van der Waals surface area contributed by atoms with Crippen LogP contribution in [0.4, 0.5) is 0 Å². The van der Waals surface area contributed by atoms with E-state index in [9.17, 15) is 9.59 Å². The second kappa shape index (κ2) is 5.24. The van der Waals surface area contributed by atoms with Crippen molar-refractivity contribution in [2.75, 3.05) is 26.3 Å². The molecule has 0 bridgehead atoms. The van der Waals surface area contributed by atoms with Crippen LogP contribution in [0.3, 0.4) is 0 Å². The van der Waals surface area contributed by atoms with E-state index in [0.29, 0.717) is 26.1 Å². The maximum atomic E-state index is 12.2. The second-order valence-electron chi connectivity index (χ2n) is 5.25. The topological polar surface area (TPSA) is 92.9 Å². The first-order valence-corrected chi connectivity index (χ1v) is 6.38. The van der Waals surface area contributed by atoms with Gasteiger partial charge in [-0.2, -0.15) is 0 Å². The van der Waals surface area contributed by atoms with Crippen molar-refractivity contribution in [2.45, 2.75) is 31.7 Å². The van der Waals surface area contributed by atoms with E-state index in [4.69, 9.17) is 15.6 Å². The summed E-state index contributed by atoms with van der Waals surface area (Å²) in [6, 6.07) is -0.846. The molecule has 0 aromatic heterocycles. The van der Waals surface area contributed by atoms with Crippen LogP contribution in [0.15, 0.2) is 0 Å². The molecular formula is C12H20N2O4. The van der Waals surface area contributed by atoms with Crippen molar-refractivity contribution in [3.05, 3.63) is 0 Å². The van der Waals surface area contributed by atoms with Crippen LogP contribution in [-0.4, -0.2) is 54.2 Å². The second-order valence-corrected chi connectivity index (χ2v) is 5.25. The number of morpholine rings is 1. The molecule has 1 saturated heterocycles. The molecule has 6 heteroatoms. The van der Waals surface area contributed by atoms with Gasteiger partial charge in [-0.15, -0.1) is 0 Å². The van der Waals surface area contributed by atoms with E-state index in [2.05, 4.69) is 0 Å². The highest BCUT2D eigenvalue weighted by atomic mass is 16.5. The number of nitrogens with zero attached hydrogens (tertiary/aromatic N) is 1. The normalized spacial score (nSPS) is 26.5. The minimum atomic E-state index is -1.00. The molecule has 0 aromatic carbocycles. The Morgan fingerprint density at radius 1 is 1.44 bits per heavy atom. The summed E-state index contributed by atoms with van der Waals surface area (Å²) in [5.41, 5.74) is 5.64. The molecule has 1 unspecified atom stereocenters. The summed E-state index contributed by atoms with van der Waals surface area (Å²) in [4.78, 5) is 24.8. The molecule has 0 aromatic rings. The van der Waals surface area contributed by atoms with E-state index < -0.39 is 12.0 Å². The monoisotopic (exact) mass is 256 g/mol. The standard InChI is InChI=1S/C12H20N2O4/c13-8-12(2-1-3-12)6-10(15)14-4-5-18-7-9(14)11(16)17/h9H,1-8,13H2,(H,16,17). The minimum Gasteiger partial charge on any atom is -0.480 e. The number of rotatable bonds is 4. The highest BCUT2D eigenvalue weighted by molar-refractivity contribution is 5.84. The molecule has 1 amide bonds. The van der Waals surface area contributed by atoms with E-state index >= 15 is 0 Å². The number of ether oxygens (including phenoxy) is 1. The summed E-state index contributed by atoms with van der Waals surface area (Å²) in [5, 5.41) is 9.09. The Balaban J connectivity index is 2.00. The molecule has 6 nitrogen and oxygen atoms in total. The number of aliphatic carboxylic acids is 1. The van der Waals surface area contributed by atoms with Crippen LogP contribution in [0, 0.1) is 5.41 Å². The van der Waals surface area contributed by atoms with Crippen molar-refractivity contribution < 1.29 is 19.4 Å². The van der Waals surface area contributed by atoms with Gasteiger partial charge in [0.15, 0.2) is 6.04 Å². The summed E-state index contributed by atoms with van der Waals surface area (Å²) in [6.07, 6.45) is 3.41. The molecule has 1 aliphatic heterocycles. The van der Waals surface area contributed by atoms with Gasteiger partial charge in [0.1, 0.15) is 0 Å². The van der Waals surface area contributed by atoms with Crippen LogP contribution in [0.1, 0.15) is 25.7 Å². The van der Waals surface area contributed by atoms with Crippen LogP contribution in [0.25, 0.3) is 0 Å². The highest BCUT2D eigenvalue weighted by Crippen LogP contribution is 2.43. The largest absolute Gasteiger partial charge is 0.480 e. The summed E-state index contributed by atoms with van der Waals surface area (Å²) in [7, 11) is 0. The summed E-state index contributed by atoms with van der Waals surface area (Å²) in [6.45, 7) is 1.35. The number of nitrogens with two attached hydrogens (primary N) is 1. The zero-order valence-electron chi connectivity index (χ0n) is 10.4. The van der Waals surface area contributed by atoms with Gasteiger partial charge in [-0.1, -0.05) is 6.42 Å². The number of amides is 1. The van der Waals surface area contributed by atoms with Crippen LogP contribution in [0.5, 0.6) is 0 Å². The lowest BCUT2D eigenvalue weighted by Crippen LogP contribution is -2.54. The van der Waals surface area contributed by atoms with Crippen LogP contribution >= 0.6 is 0 Å². The fourth-order valence-corrected chi connectivity index (χ4v) is 2.66. The maximum Gasteiger partial charge on any atom is 0.328 e. The maximum absolute atomic E-state index is 12.2. The minimum absolute atomic E-state index is 0.0801. The van der Waals surface area contributed by atoms with E-state index in [0.717, 1.165) is 19.3 Å². The number of carbonyl (C=O) groups is 2. The van der Waals surface area contributed by atoms with Gasteiger partial charge < -0.3 is 20.5 Å². The zero-order valence-corrected chi connectivity index (χ0v) is 10.4. The van der Waals surface area contributed by atoms with Gasteiger partial charge >= 0.3 is 5.97 Å². The third kappa shape index (κ3) is 2.49. The van der Waals surface area contributed by atoms with Gasteiger partial charge in [0, 0.05) is 13.0 Å². The fourth-order valence-electron chi connectivity index (χ4n) is 2.66. The molecule has 0 radical (unpaired) electrons. The van der Waals surface area contributed by atoms with Crippen molar-refractivity contribution in [1.29, 1.82) is 0 Å². The molecule has 102 valence electrons. The Morgan fingerprint density at radius 3 is 2.67 bits per heavy atom. The number of carboxylic acids is 1. The Labute approximate surface area is 106 Å². The number of carboxylic acid groups (broad SMARTS) is 1. The molecule has 18 heavy (non-hydrogen) atoms. The zero-order chi connectivity index (χ0) is 13.2. The molecule has 1 atom stereocenters. The van der Waals surface area contributed by atoms with Crippen molar-refractivity contribution in [1.82, 2.24) is 4.90 Å². The molecule has 1 aliphatic carbocycles. The van der Waals surface area contributed by atoms with E-state index in [1.807, 2.05) is 0 Å². The van der Waals surface area contributed by atoms with Gasteiger partial charge in [-0.05, 0) is 24.8 Å². The molecule has 3 N–H and O–H groups in total. The third-order valence-corrected chi connectivity index (χ3v) is 4.11. The predicted molar refractivity (Wildman–Crippen MR) is 63.9 cm³/mol. The van der Waals surface area contributed by atoms with Crippen LogP contribution in [0.2, 0.25) is 0 Å². The first-order valence-electron chi connectivity index (χ1n) is 6.38. The van der Waals surface area contributed by atoms with Crippen molar-refractivity contribution >= 4 is 11.9 Å². The number of carbonyl (C=O) groups excluding carboxylic acids is 1. The Morgan fingerprint density at radius 2 is 2.17 bits per heavy atom. The number of hydrogen-bond donors (Lipinski definition) is 2. The fraction of sp³-hybridized carbons (Fsp3) is 0.833. The van der Waals surface area contributed by atoms with Gasteiger partial charge in [0.05, 0.1) is 13.2 Å². The lowest BCUT2D eigenvalue weighted by Gasteiger charge is -2.42. The van der Waals surface area contributed by atoms with Gasteiger partial charge in [-0.3, -0.25) is 4.79 Å². The average Bonchev–Trinajstić information content (AvgIpc) is 2.33. The van der Waals surface area contributed by atoms with E-state index in [1.54, 1.807) is 0 Å². The molecule has 2 rings (SSSR count). The smallest absolute Gasteiger partial charge is 0.328 e. The first-order chi connectivity index (χ1) is 8.58. The van der Waals surface area contributed by atoms with E-state index in [1.165, 1.54) is 4.90 Å². The summed E-state index contributed by atoms with van der Waals surface area (Å²) < 4.78 is 5.12. The lowest BCUT2D eigenvalue weighted by atomic mass is 9.66. The molecule has 2 aliphatic rings. The summed E-state index contributed by atoms with van der Waals surface area (Å²) in [5.74, 6) is -1.10. The van der Waals surface area contributed by atoms with E-state index in [-0.39, 0.29) is 17.9 Å². The molecule has 2 fully saturated rings. The lowest BCUT2D eigenvalue weighted by molar-refractivity contribution is -0.160. The van der Waals surface area contributed by atoms with Crippen molar-refractivity contribution in [3.8, 4) is 0 Å². The highest BCUT2D eigenvalue weighted by Gasteiger charge is 2.41. The average molecular weight is 256 g/mol. The van der Waals surface area contributed by atoms with Gasteiger partial charge in [-0.25, -0.2) is 4.79 Å². The Bertz CT molecular complexity index is 335. The van der Waals surface area contributed by atoms with Crippen LogP contribution < -0.4 is 5.73 Å². The van der Waals surface area contributed by atoms with Crippen molar-refractivity contribution in [2.24, 2.45) is 11.1 Å². The van der Waals surface area contributed by atoms with Gasteiger partial charge in [0.2, 0.25) is 5.91 Å². The first kappa shape index (κ1) is 13.3. The third-order valence-electron chi connectivity index (χ3n) is 4.11. The Kier molecular flexibility index (Phi) is 3.87. The predicted octanol–water partition coefficient (Wildman–Crippen LogP) is -0.182. The molecular weight excluding hydrogens is 236 g/mol. The quantitative estimate of drug-likeness (QED) is 0.727. The SMILES string of the molecule is NCC1(CC(=O)N2CCOCC2C(=O)O)CCC1.